The Hall–Kier alpha value is -0.0000000000000000555. The number of aliphatic hydroxyl groups excluding tert-OH is 1. The maximum Gasteiger partial charge on any atom is 0.144 e. The van der Waals surface area contributed by atoms with E-state index in [0.717, 1.165) is 0 Å². The van der Waals surface area contributed by atoms with Crippen LogP contribution in [0.25, 0.3) is 0 Å². The molecule has 0 spiro atoms. The molecule has 0 amide bonds. The molecule has 11 heavy (non-hydrogen) atoms. The van der Waals surface area contributed by atoms with E-state index < -0.39 is 23.9 Å². The summed E-state index contributed by atoms with van der Waals surface area (Å²) < 4.78 is 24.7. The second kappa shape index (κ2) is 5.62. The second-order valence-corrected chi connectivity index (χ2v) is 3.95. The molecule has 0 aromatic heterocycles. The Kier molecular flexibility index (Phi) is 5.62. The average molecular weight is 183 g/mol. The van der Waals surface area contributed by atoms with E-state index in [-0.39, 0.29) is 5.92 Å². The maximum absolute atomic E-state index is 11.6. The summed E-state index contributed by atoms with van der Waals surface area (Å²) in [6.45, 7) is 2.90. The standard InChI is InChI=1S/C6H14FNO2S/c1-5(2)4-11(10)8-6(9)3-7/h5-6,8-9H,3-4H2,1-2H3/t6?,11-/m0/s1. The number of aliphatic hydroxyl groups is 1. The fraction of sp³-hybridized carbons (Fsp3) is 1.00. The van der Waals surface area contributed by atoms with E-state index in [4.69, 9.17) is 5.11 Å². The van der Waals surface area contributed by atoms with Crippen molar-refractivity contribution < 1.29 is 13.7 Å². The lowest BCUT2D eigenvalue weighted by atomic mass is 10.3. The zero-order chi connectivity index (χ0) is 8.85. The number of halogens is 1. The van der Waals surface area contributed by atoms with Crippen LogP contribution in [0.2, 0.25) is 0 Å². The van der Waals surface area contributed by atoms with Gasteiger partial charge in [-0.3, -0.25) is 0 Å². The molecule has 0 fully saturated rings. The van der Waals surface area contributed by atoms with Gasteiger partial charge in [0.2, 0.25) is 0 Å². The molecule has 0 bridgehead atoms. The minimum absolute atomic E-state index is 0.273. The Labute approximate surface area is 68.6 Å². The molecular weight excluding hydrogens is 169 g/mol. The van der Waals surface area contributed by atoms with Gasteiger partial charge in [0.25, 0.3) is 0 Å². The fourth-order valence-electron chi connectivity index (χ4n) is 0.534. The predicted molar refractivity (Wildman–Crippen MR) is 43.0 cm³/mol. The summed E-state index contributed by atoms with van der Waals surface area (Å²) in [4.78, 5) is 0. The summed E-state index contributed by atoms with van der Waals surface area (Å²) in [5.74, 6) is 0.701. The molecule has 5 heteroatoms. The first-order valence-corrected chi connectivity index (χ1v) is 4.76. The molecule has 3 nitrogen and oxygen atoms in total. The van der Waals surface area contributed by atoms with Gasteiger partial charge in [-0.2, -0.15) is 0 Å². The lowest BCUT2D eigenvalue weighted by Gasteiger charge is -2.09. The van der Waals surface area contributed by atoms with Gasteiger partial charge in [-0.25, -0.2) is 13.3 Å². The molecule has 0 heterocycles. The summed E-state index contributed by atoms with van der Waals surface area (Å²) in [5.41, 5.74) is 0. The molecule has 2 N–H and O–H groups in total. The topological polar surface area (TPSA) is 49.3 Å². The van der Waals surface area contributed by atoms with Gasteiger partial charge in [-0.1, -0.05) is 13.8 Å². The largest absolute Gasteiger partial charge is 0.375 e. The Morgan fingerprint density at radius 3 is 2.55 bits per heavy atom. The molecular formula is C6H14FNO2S. The number of rotatable bonds is 5. The Bertz CT molecular complexity index is 132. The first-order chi connectivity index (χ1) is 5.06. The second-order valence-electron chi connectivity index (χ2n) is 2.69. The monoisotopic (exact) mass is 183 g/mol. The van der Waals surface area contributed by atoms with Crippen molar-refractivity contribution in [3.8, 4) is 0 Å². The van der Waals surface area contributed by atoms with Crippen LogP contribution < -0.4 is 4.72 Å². The highest BCUT2D eigenvalue weighted by atomic mass is 32.2. The number of hydrogen-bond donors (Lipinski definition) is 2. The third-order valence-corrected chi connectivity index (χ3v) is 2.40. The molecule has 0 saturated heterocycles. The van der Waals surface area contributed by atoms with Crippen molar-refractivity contribution in [1.29, 1.82) is 0 Å². The predicted octanol–water partition coefficient (Wildman–Crippen LogP) is 0.184. The Balaban J connectivity index is 3.52. The lowest BCUT2D eigenvalue weighted by molar-refractivity contribution is 0.131. The normalized spacial score (nSPS) is 16.8. The number of alkyl halides is 1. The molecule has 1 unspecified atom stereocenters. The smallest absolute Gasteiger partial charge is 0.144 e. The van der Waals surface area contributed by atoms with Gasteiger partial charge >= 0.3 is 0 Å². The summed E-state index contributed by atoms with van der Waals surface area (Å²) in [6.07, 6.45) is -1.30. The minimum Gasteiger partial charge on any atom is -0.375 e. The Morgan fingerprint density at radius 2 is 2.18 bits per heavy atom. The quantitative estimate of drug-likeness (QED) is 0.597. The van der Waals surface area contributed by atoms with Crippen molar-refractivity contribution in [2.75, 3.05) is 12.4 Å². The summed E-state index contributed by atoms with van der Waals surface area (Å²) in [6, 6.07) is 0. The average Bonchev–Trinajstić information content (AvgIpc) is 1.85. The fourth-order valence-corrected chi connectivity index (χ4v) is 1.60. The lowest BCUT2D eigenvalue weighted by Crippen LogP contribution is -2.34. The third kappa shape index (κ3) is 6.40. The SMILES string of the molecule is CC(C)C[S@](=O)NC(O)CF. The summed E-state index contributed by atoms with van der Waals surface area (Å²) in [5, 5.41) is 8.66. The first-order valence-electron chi connectivity index (χ1n) is 3.44. The van der Waals surface area contributed by atoms with Crippen LogP contribution in [-0.2, 0) is 11.0 Å². The molecule has 0 radical (unpaired) electrons. The third-order valence-electron chi connectivity index (χ3n) is 0.898. The summed E-state index contributed by atoms with van der Waals surface area (Å²) >= 11 is 0. The van der Waals surface area contributed by atoms with Crippen LogP contribution in [-0.4, -0.2) is 28.0 Å². The molecule has 68 valence electrons. The van der Waals surface area contributed by atoms with Crippen LogP contribution in [0.5, 0.6) is 0 Å². The van der Waals surface area contributed by atoms with Crippen molar-refractivity contribution in [3.63, 3.8) is 0 Å². The molecule has 0 saturated carbocycles. The zero-order valence-corrected chi connectivity index (χ0v) is 7.53. The minimum atomic E-state index is -1.32. The molecule has 0 aromatic carbocycles. The van der Waals surface area contributed by atoms with Crippen molar-refractivity contribution in [1.82, 2.24) is 4.72 Å². The van der Waals surface area contributed by atoms with Gasteiger partial charge in [0, 0.05) is 5.75 Å². The molecule has 0 aromatic rings. The molecule has 0 rings (SSSR count). The van der Waals surface area contributed by atoms with E-state index >= 15 is 0 Å². The Morgan fingerprint density at radius 1 is 1.64 bits per heavy atom. The van der Waals surface area contributed by atoms with Gasteiger partial charge < -0.3 is 5.11 Å². The van der Waals surface area contributed by atoms with Crippen molar-refractivity contribution in [2.24, 2.45) is 5.92 Å². The highest BCUT2D eigenvalue weighted by Gasteiger charge is 2.08. The first kappa shape index (κ1) is 11.0. The van der Waals surface area contributed by atoms with E-state index in [1.807, 2.05) is 13.8 Å². The van der Waals surface area contributed by atoms with E-state index in [1.54, 1.807) is 0 Å². The van der Waals surface area contributed by atoms with Crippen LogP contribution >= 0.6 is 0 Å². The number of nitrogens with one attached hydrogen (secondary N) is 1. The maximum atomic E-state index is 11.6. The van der Waals surface area contributed by atoms with Crippen LogP contribution in [0.15, 0.2) is 0 Å². The van der Waals surface area contributed by atoms with Crippen LogP contribution in [0, 0.1) is 5.92 Å². The van der Waals surface area contributed by atoms with E-state index in [0.29, 0.717) is 5.75 Å². The molecule has 0 aliphatic rings. The van der Waals surface area contributed by atoms with Gasteiger partial charge in [0.15, 0.2) is 0 Å². The van der Waals surface area contributed by atoms with E-state index in [9.17, 15) is 8.60 Å². The van der Waals surface area contributed by atoms with Gasteiger partial charge in [0.05, 0.1) is 11.0 Å². The zero-order valence-electron chi connectivity index (χ0n) is 6.71. The number of hydrogen-bond acceptors (Lipinski definition) is 2. The van der Waals surface area contributed by atoms with Crippen molar-refractivity contribution >= 4 is 11.0 Å². The molecule has 2 atom stereocenters. The summed E-state index contributed by atoms with van der Waals surface area (Å²) in [7, 11) is -1.32. The van der Waals surface area contributed by atoms with Crippen molar-refractivity contribution in [2.45, 2.75) is 20.1 Å². The van der Waals surface area contributed by atoms with E-state index in [2.05, 4.69) is 4.72 Å². The van der Waals surface area contributed by atoms with Crippen molar-refractivity contribution in [3.05, 3.63) is 0 Å². The highest BCUT2D eigenvalue weighted by molar-refractivity contribution is 7.83. The van der Waals surface area contributed by atoms with Gasteiger partial charge in [-0.15, -0.1) is 0 Å². The van der Waals surface area contributed by atoms with Crippen LogP contribution in [0.3, 0.4) is 0 Å². The van der Waals surface area contributed by atoms with Crippen LogP contribution in [0.4, 0.5) is 4.39 Å². The molecule has 0 aliphatic heterocycles. The molecule has 0 aliphatic carbocycles. The van der Waals surface area contributed by atoms with Crippen LogP contribution in [0.1, 0.15) is 13.8 Å². The highest BCUT2D eigenvalue weighted by Crippen LogP contribution is 1.94. The van der Waals surface area contributed by atoms with Gasteiger partial charge in [0.1, 0.15) is 12.9 Å². The van der Waals surface area contributed by atoms with E-state index in [1.165, 1.54) is 0 Å². The van der Waals surface area contributed by atoms with Gasteiger partial charge in [-0.05, 0) is 5.92 Å².